The number of rotatable bonds is 4. The maximum absolute atomic E-state index is 11.9. The molecule has 0 amide bonds. The van der Waals surface area contributed by atoms with Gasteiger partial charge in [-0.25, -0.2) is 0 Å². The second-order valence-electron chi connectivity index (χ2n) is 3.81. The van der Waals surface area contributed by atoms with E-state index in [1.165, 1.54) is 0 Å². The Morgan fingerprint density at radius 1 is 1.56 bits per heavy atom. The molecule has 0 saturated heterocycles. The van der Waals surface area contributed by atoms with Gasteiger partial charge in [0.25, 0.3) is 0 Å². The van der Waals surface area contributed by atoms with Crippen LogP contribution in [0.3, 0.4) is 0 Å². The lowest BCUT2D eigenvalue weighted by Gasteiger charge is -2.09. The van der Waals surface area contributed by atoms with Crippen molar-refractivity contribution in [3.63, 3.8) is 0 Å². The second kappa shape index (κ2) is 5.32. The van der Waals surface area contributed by atoms with E-state index in [2.05, 4.69) is 0 Å². The van der Waals surface area contributed by atoms with Crippen molar-refractivity contribution in [3.05, 3.63) is 29.3 Å². The number of nitrogens with zero attached hydrogens (tertiary/aromatic N) is 1. The number of Topliss-reactive ketones (excluding diaryl/α,β-unsaturated/α-hetero) is 1. The lowest BCUT2D eigenvalue weighted by molar-refractivity contribution is 0.0932. The molecule has 0 bridgehead atoms. The van der Waals surface area contributed by atoms with Gasteiger partial charge in [0.1, 0.15) is 5.75 Å². The average Bonchev–Trinajstić information content (AvgIpc) is 2.28. The molecule has 84 valence electrons. The van der Waals surface area contributed by atoms with Crippen LogP contribution in [0.25, 0.3) is 0 Å². The van der Waals surface area contributed by atoms with Crippen LogP contribution in [0.15, 0.2) is 18.2 Å². The third kappa shape index (κ3) is 2.60. The van der Waals surface area contributed by atoms with Gasteiger partial charge < -0.3 is 4.74 Å². The van der Waals surface area contributed by atoms with Gasteiger partial charge in [-0.05, 0) is 30.7 Å². The summed E-state index contributed by atoms with van der Waals surface area (Å²) < 4.78 is 5.12. The molecular weight excluding hydrogens is 202 g/mol. The summed E-state index contributed by atoms with van der Waals surface area (Å²) in [6.45, 7) is 3.66. The lowest BCUT2D eigenvalue weighted by Crippen LogP contribution is -2.10. The molecule has 0 heterocycles. The zero-order valence-electron chi connectivity index (χ0n) is 9.78. The van der Waals surface area contributed by atoms with Crippen LogP contribution >= 0.6 is 0 Å². The van der Waals surface area contributed by atoms with Gasteiger partial charge in [0.15, 0.2) is 5.78 Å². The van der Waals surface area contributed by atoms with Crippen LogP contribution in [0, 0.1) is 24.2 Å². The van der Waals surface area contributed by atoms with E-state index in [4.69, 9.17) is 10.00 Å². The van der Waals surface area contributed by atoms with Crippen LogP contribution in [0.4, 0.5) is 0 Å². The minimum absolute atomic E-state index is 0.00676. The Labute approximate surface area is 95.7 Å². The summed E-state index contributed by atoms with van der Waals surface area (Å²) in [5.74, 6) is 0.523. The molecule has 1 rings (SSSR count). The lowest BCUT2D eigenvalue weighted by atomic mass is 9.96. The molecule has 3 nitrogen and oxygen atoms in total. The normalized spacial score (nSPS) is 11.6. The molecule has 0 fully saturated rings. The van der Waals surface area contributed by atoms with Crippen LogP contribution in [-0.2, 0) is 0 Å². The molecule has 1 atom stereocenters. The molecule has 0 aliphatic rings. The van der Waals surface area contributed by atoms with E-state index in [0.717, 1.165) is 11.3 Å². The van der Waals surface area contributed by atoms with E-state index >= 15 is 0 Å². The zero-order valence-corrected chi connectivity index (χ0v) is 9.78. The predicted molar refractivity (Wildman–Crippen MR) is 61.5 cm³/mol. The summed E-state index contributed by atoms with van der Waals surface area (Å²) in [7, 11) is 1.60. The summed E-state index contributed by atoms with van der Waals surface area (Å²) in [5, 5.41) is 8.55. The summed E-state index contributed by atoms with van der Waals surface area (Å²) in [6, 6.07) is 7.33. The molecule has 1 aromatic carbocycles. The Balaban J connectivity index is 2.94. The Morgan fingerprint density at radius 2 is 2.25 bits per heavy atom. The Morgan fingerprint density at radius 3 is 2.75 bits per heavy atom. The van der Waals surface area contributed by atoms with E-state index in [0.29, 0.717) is 5.56 Å². The van der Waals surface area contributed by atoms with Gasteiger partial charge in [-0.1, -0.05) is 6.92 Å². The highest BCUT2D eigenvalue weighted by atomic mass is 16.5. The Kier molecular flexibility index (Phi) is 4.07. The standard InChI is InChI=1S/C13H15NO2/c1-9(6-7-14)13(15)11-4-5-12(16-3)10(2)8-11/h4-5,8-9H,6H2,1-3H3. The highest BCUT2D eigenvalue weighted by molar-refractivity contribution is 5.98. The van der Waals surface area contributed by atoms with Crippen LogP contribution < -0.4 is 4.74 Å². The van der Waals surface area contributed by atoms with Gasteiger partial charge in [-0.3, -0.25) is 4.79 Å². The minimum Gasteiger partial charge on any atom is -0.496 e. The monoisotopic (exact) mass is 217 g/mol. The molecule has 1 unspecified atom stereocenters. The van der Waals surface area contributed by atoms with Gasteiger partial charge in [0.2, 0.25) is 0 Å². The number of benzene rings is 1. The van der Waals surface area contributed by atoms with Crippen LogP contribution in [0.5, 0.6) is 5.75 Å². The molecule has 0 radical (unpaired) electrons. The Hall–Kier alpha value is -1.82. The third-order valence-electron chi connectivity index (χ3n) is 2.52. The number of ether oxygens (including phenoxy) is 1. The largest absolute Gasteiger partial charge is 0.496 e. The molecule has 1 aromatic rings. The van der Waals surface area contributed by atoms with Crippen molar-refractivity contribution in [1.82, 2.24) is 0 Å². The van der Waals surface area contributed by atoms with Crippen molar-refractivity contribution in [3.8, 4) is 11.8 Å². The van der Waals surface area contributed by atoms with Crippen molar-refractivity contribution in [2.45, 2.75) is 20.3 Å². The number of hydrogen-bond donors (Lipinski definition) is 0. The van der Waals surface area contributed by atoms with Crippen molar-refractivity contribution in [2.24, 2.45) is 5.92 Å². The van der Waals surface area contributed by atoms with Crippen LogP contribution in [0.2, 0.25) is 0 Å². The fraction of sp³-hybridized carbons (Fsp3) is 0.385. The first-order valence-electron chi connectivity index (χ1n) is 5.16. The number of aryl methyl sites for hydroxylation is 1. The maximum atomic E-state index is 11.9. The van der Waals surface area contributed by atoms with Gasteiger partial charge in [0, 0.05) is 17.9 Å². The summed E-state index contributed by atoms with van der Waals surface area (Å²) in [4.78, 5) is 11.9. The molecular formula is C13H15NO2. The molecule has 0 saturated carbocycles. The molecule has 0 aliphatic heterocycles. The van der Waals surface area contributed by atoms with E-state index in [9.17, 15) is 4.79 Å². The SMILES string of the molecule is COc1ccc(C(=O)C(C)CC#N)cc1C. The molecule has 3 heteroatoms. The summed E-state index contributed by atoms with van der Waals surface area (Å²) in [6.07, 6.45) is 0.254. The van der Waals surface area contributed by atoms with Crippen molar-refractivity contribution < 1.29 is 9.53 Å². The minimum atomic E-state index is -0.252. The summed E-state index contributed by atoms with van der Waals surface area (Å²) >= 11 is 0. The topological polar surface area (TPSA) is 50.1 Å². The quantitative estimate of drug-likeness (QED) is 0.728. The first-order chi connectivity index (χ1) is 7.60. The molecule has 0 aromatic heterocycles. The highest BCUT2D eigenvalue weighted by Crippen LogP contribution is 2.21. The molecule has 16 heavy (non-hydrogen) atoms. The molecule has 0 spiro atoms. The van der Waals surface area contributed by atoms with E-state index in [-0.39, 0.29) is 18.1 Å². The Bertz CT molecular complexity index is 432. The second-order valence-corrected chi connectivity index (χ2v) is 3.81. The van der Waals surface area contributed by atoms with Gasteiger partial charge in [-0.15, -0.1) is 0 Å². The number of methoxy groups -OCH3 is 1. The van der Waals surface area contributed by atoms with Gasteiger partial charge >= 0.3 is 0 Å². The molecule has 0 aliphatic carbocycles. The summed E-state index contributed by atoms with van der Waals surface area (Å²) in [5.41, 5.74) is 1.57. The van der Waals surface area contributed by atoms with Gasteiger partial charge in [-0.2, -0.15) is 5.26 Å². The van der Waals surface area contributed by atoms with Crippen molar-refractivity contribution in [2.75, 3.05) is 7.11 Å². The predicted octanol–water partition coefficient (Wildman–Crippen LogP) is 2.74. The smallest absolute Gasteiger partial charge is 0.166 e. The number of ketones is 1. The highest BCUT2D eigenvalue weighted by Gasteiger charge is 2.15. The zero-order chi connectivity index (χ0) is 12.1. The maximum Gasteiger partial charge on any atom is 0.166 e. The number of hydrogen-bond acceptors (Lipinski definition) is 3. The van der Waals surface area contributed by atoms with Crippen LogP contribution in [-0.4, -0.2) is 12.9 Å². The number of carbonyl (C=O) groups is 1. The van der Waals surface area contributed by atoms with Crippen LogP contribution in [0.1, 0.15) is 29.3 Å². The first kappa shape index (κ1) is 12.3. The molecule has 0 N–H and O–H groups in total. The van der Waals surface area contributed by atoms with E-state index in [1.807, 2.05) is 13.0 Å². The third-order valence-corrected chi connectivity index (χ3v) is 2.52. The van der Waals surface area contributed by atoms with E-state index in [1.54, 1.807) is 32.2 Å². The first-order valence-corrected chi connectivity index (χ1v) is 5.16. The van der Waals surface area contributed by atoms with Crippen molar-refractivity contribution >= 4 is 5.78 Å². The van der Waals surface area contributed by atoms with Gasteiger partial charge in [0.05, 0.1) is 13.2 Å². The average molecular weight is 217 g/mol. The fourth-order valence-electron chi connectivity index (χ4n) is 1.55. The van der Waals surface area contributed by atoms with Crippen molar-refractivity contribution in [1.29, 1.82) is 5.26 Å². The number of nitriles is 1. The van der Waals surface area contributed by atoms with E-state index < -0.39 is 0 Å². The number of carbonyl (C=O) groups excluding carboxylic acids is 1. The fourth-order valence-corrected chi connectivity index (χ4v) is 1.55.